The number of phenols is 1. The molecule has 0 aromatic heterocycles. The minimum absolute atomic E-state index is 0.0514. The van der Waals surface area contributed by atoms with Gasteiger partial charge >= 0.3 is 5.97 Å². The number of carbonyl (C=O) groups excluding carboxylic acids is 1. The van der Waals surface area contributed by atoms with Gasteiger partial charge in [-0.2, -0.15) is 11.8 Å². The van der Waals surface area contributed by atoms with Crippen molar-refractivity contribution in [1.82, 2.24) is 0 Å². The Kier molecular flexibility index (Phi) is 9.39. The van der Waals surface area contributed by atoms with Crippen LogP contribution in [0.5, 0.6) is 5.75 Å². The van der Waals surface area contributed by atoms with Crippen LogP contribution < -0.4 is 0 Å². The largest absolute Gasteiger partial charge is 0.507 e. The van der Waals surface area contributed by atoms with Gasteiger partial charge in [-0.25, -0.2) is 0 Å². The van der Waals surface area contributed by atoms with Crippen molar-refractivity contribution in [3.8, 4) is 5.75 Å². The molecule has 0 heterocycles. The molecule has 0 aliphatic rings. The molecule has 160 valence electrons. The smallest absolute Gasteiger partial charge is 0.306 e. The van der Waals surface area contributed by atoms with Crippen LogP contribution in [0, 0.1) is 0 Å². The maximum Gasteiger partial charge on any atom is 0.306 e. The van der Waals surface area contributed by atoms with Crippen LogP contribution in [0.3, 0.4) is 0 Å². The van der Waals surface area contributed by atoms with Crippen LogP contribution in [0.1, 0.15) is 91.3 Å². The summed E-state index contributed by atoms with van der Waals surface area (Å²) in [5, 5.41) is 10.8. The molecule has 1 rings (SSSR count). The van der Waals surface area contributed by atoms with E-state index in [4.69, 9.17) is 4.74 Å². The van der Waals surface area contributed by atoms with Crippen molar-refractivity contribution in [3.05, 3.63) is 28.8 Å². The standard InChI is InChI=1S/C24H40O3S/c1-9-10-13-28-16-17(2)27-21(25)12-11-18-14-19(23(3,4)5)22(26)20(15-18)24(6,7)8/h14-15,17,26H,9-13,16H2,1-8H3. The summed E-state index contributed by atoms with van der Waals surface area (Å²) in [7, 11) is 0. The van der Waals surface area contributed by atoms with Crippen LogP contribution in [0.25, 0.3) is 0 Å². The number of aryl methyl sites for hydroxylation is 1. The summed E-state index contributed by atoms with van der Waals surface area (Å²) in [5.74, 6) is 2.21. The molecule has 1 aromatic rings. The number of unbranched alkanes of at least 4 members (excludes halogenated alkanes) is 1. The van der Waals surface area contributed by atoms with Gasteiger partial charge in [-0.3, -0.25) is 4.79 Å². The first-order valence-corrected chi connectivity index (χ1v) is 11.7. The van der Waals surface area contributed by atoms with Gasteiger partial charge in [0, 0.05) is 12.2 Å². The van der Waals surface area contributed by atoms with E-state index in [9.17, 15) is 9.90 Å². The first kappa shape index (κ1) is 24.9. The van der Waals surface area contributed by atoms with Crippen molar-refractivity contribution in [2.45, 2.75) is 98.0 Å². The Morgan fingerprint density at radius 3 is 2.11 bits per heavy atom. The molecule has 1 atom stereocenters. The second kappa shape index (κ2) is 10.6. The van der Waals surface area contributed by atoms with Crippen LogP contribution >= 0.6 is 11.8 Å². The average Bonchev–Trinajstić information content (AvgIpc) is 2.55. The third-order valence-electron chi connectivity index (χ3n) is 4.73. The van der Waals surface area contributed by atoms with E-state index in [0.717, 1.165) is 28.2 Å². The minimum Gasteiger partial charge on any atom is -0.507 e. The Balaban J connectivity index is 2.79. The van der Waals surface area contributed by atoms with Gasteiger partial charge in [0.15, 0.2) is 0 Å². The lowest BCUT2D eigenvalue weighted by Crippen LogP contribution is -2.19. The number of ether oxygens (including phenoxy) is 1. The zero-order chi connectivity index (χ0) is 21.5. The summed E-state index contributed by atoms with van der Waals surface area (Å²) in [6.07, 6.45) is 3.34. The van der Waals surface area contributed by atoms with Gasteiger partial charge in [0.05, 0.1) is 0 Å². The summed E-state index contributed by atoms with van der Waals surface area (Å²) in [6.45, 7) is 16.8. The first-order chi connectivity index (χ1) is 12.9. The molecular weight excluding hydrogens is 368 g/mol. The molecule has 0 aliphatic heterocycles. The molecule has 4 heteroatoms. The fraction of sp³-hybridized carbons (Fsp3) is 0.708. The van der Waals surface area contributed by atoms with E-state index in [-0.39, 0.29) is 22.9 Å². The van der Waals surface area contributed by atoms with Crippen molar-refractivity contribution in [2.24, 2.45) is 0 Å². The monoisotopic (exact) mass is 408 g/mol. The fourth-order valence-electron chi connectivity index (χ4n) is 3.04. The topological polar surface area (TPSA) is 46.5 Å². The van der Waals surface area contributed by atoms with Gasteiger partial charge < -0.3 is 9.84 Å². The number of hydrogen-bond acceptors (Lipinski definition) is 4. The Morgan fingerprint density at radius 2 is 1.64 bits per heavy atom. The van der Waals surface area contributed by atoms with Crippen LogP contribution in [-0.2, 0) is 26.8 Å². The fourth-order valence-corrected chi connectivity index (χ4v) is 4.10. The second-order valence-corrected chi connectivity index (χ2v) is 10.9. The van der Waals surface area contributed by atoms with Gasteiger partial charge in [0.1, 0.15) is 11.9 Å². The number of esters is 1. The minimum atomic E-state index is -0.162. The van der Waals surface area contributed by atoms with Gasteiger partial charge in [0.25, 0.3) is 0 Å². The first-order valence-electron chi connectivity index (χ1n) is 10.5. The average molecular weight is 409 g/mol. The summed E-state index contributed by atoms with van der Waals surface area (Å²) >= 11 is 1.85. The van der Waals surface area contributed by atoms with Gasteiger partial charge in [-0.1, -0.05) is 67.0 Å². The van der Waals surface area contributed by atoms with Gasteiger partial charge in [-0.15, -0.1) is 0 Å². The van der Waals surface area contributed by atoms with E-state index in [1.165, 1.54) is 12.8 Å². The SMILES string of the molecule is CCCCSCC(C)OC(=O)CCc1cc(C(C)(C)C)c(O)c(C(C)(C)C)c1. The van der Waals surface area contributed by atoms with Gasteiger partial charge in [-0.05, 0) is 53.0 Å². The Morgan fingerprint density at radius 1 is 1.11 bits per heavy atom. The molecule has 3 nitrogen and oxygen atoms in total. The summed E-state index contributed by atoms with van der Waals surface area (Å²) in [4.78, 5) is 12.3. The molecule has 28 heavy (non-hydrogen) atoms. The molecule has 0 radical (unpaired) electrons. The van der Waals surface area contributed by atoms with Crippen molar-refractivity contribution < 1.29 is 14.6 Å². The predicted molar refractivity (Wildman–Crippen MR) is 122 cm³/mol. The number of hydrogen-bond donors (Lipinski definition) is 1. The van der Waals surface area contributed by atoms with E-state index in [1.807, 2.05) is 30.8 Å². The normalized spacial score (nSPS) is 13.4. The molecule has 0 saturated carbocycles. The van der Waals surface area contributed by atoms with Crippen LogP contribution in [0.15, 0.2) is 12.1 Å². The maximum absolute atomic E-state index is 12.3. The third kappa shape index (κ3) is 8.06. The lowest BCUT2D eigenvalue weighted by molar-refractivity contribution is -0.147. The molecule has 0 spiro atoms. The van der Waals surface area contributed by atoms with Crippen molar-refractivity contribution in [2.75, 3.05) is 11.5 Å². The maximum atomic E-state index is 12.3. The third-order valence-corrected chi connectivity index (χ3v) is 6.01. The summed E-state index contributed by atoms with van der Waals surface area (Å²) in [5.41, 5.74) is 2.62. The van der Waals surface area contributed by atoms with Gasteiger partial charge in [0.2, 0.25) is 0 Å². The number of thioether (sulfide) groups is 1. The van der Waals surface area contributed by atoms with Crippen LogP contribution in [-0.4, -0.2) is 28.7 Å². The van der Waals surface area contributed by atoms with E-state index >= 15 is 0 Å². The highest BCUT2D eigenvalue weighted by atomic mass is 32.2. The quantitative estimate of drug-likeness (QED) is 0.380. The molecular formula is C24H40O3S. The highest BCUT2D eigenvalue weighted by molar-refractivity contribution is 7.99. The number of carbonyl (C=O) groups is 1. The molecule has 0 saturated heterocycles. The molecule has 0 bridgehead atoms. The molecule has 1 unspecified atom stereocenters. The molecule has 0 amide bonds. The highest BCUT2D eigenvalue weighted by Gasteiger charge is 2.26. The Bertz CT molecular complexity index is 603. The van der Waals surface area contributed by atoms with E-state index in [0.29, 0.717) is 18.6 Å². The number of rotatable bonds is 9. The molecule has 1 N–H and O–H groups in total. The highest BCUT2D eigenvalue weighted by Crippen LogP contribution is 2.40. The van der Waals surface area contributed by atoms with E-state index < -0.39 is 0 Å². The lowest BCUT2D eigenvalue weighted by atomic mass is 9.78. The van der Waals surface area contributed by atoms with Crippen molar-refractivity contribution in [1.29, 1.82) is 0 Å². The van der Waals surface area contributed by atoms with E-state index in [1.54, 1.807) is 0 Å². The summed E-state index contributed by atoms with van der Waals surface area (Å²) < 4.78 is 5.56. The molecule has 1 aromatic carbocycles. The predicted octanol–water partition coefficient (Wildman–Crippen LogP) is 6.38. The van der Waals surface area contributed by atoms with Crippen LogP contribution in [0.2, 0.25) is 0 Å². The Labute approximate surface area is 176 Å². The number of phenolic OH excluding ortho intramolecular Hbond substituents is 1. The molecule has 0 aliphatic carbocycles. The number of aromatic hydroxyl groups is 1. The van der Waals surface area contributed by atoms with Crippen molar-refractivity contribution >= 4 is 17.7 Å². The Hall–Kier alpha value is -1.16. The zero-order valence-electron chi connectivity index (χ0n) is 19.1. The summed E-state index contributed by atoms with van der Waals surface area (Å²) in [6, 6.07) is 4.09. The lowest BCUT2D eigenvalue weighted by Gasteiger charge is -2.28. The number of benzene rings is 1. The second-order valence-electron chi connectivity index (χ2n) is 9.77. The van der Waals surface area contributed by atoms with Crippen LogP contribution in [0.4, 0.5) is 0 Å². The zero-order valence-corrected chi connectivity index (χ0v) is 20.0. The molecule has 0 fully saturated rings. The van der Waals surface area contributed by atoms with Crippen molar-refractivity contribution in [3.63, 3.8) is 0 Å². The van der Waals surface area contributed by atoms with E-state index in [2.05, 4.69) is 48.5 Å².